The Morgan fingerprint density at radius 1 is 1.05 bits per heavy atom. The van der Waals surface area contributed by atoms with Crippen molar-refractivity contribution in [3.63, 3.8) is 0 Å². The second-order valence-corrected chi connectivity index (χ2v) is 12.4. The van der Waals surface area contributed by atoms with Crippen molar-refractivity contribution >= 4 is 17.6 Å². The van der Waals surface area contributed by atoms with Crippen LogP contribution in [0, 0.1) is 12.3 Å². The molecule has 212 valence electrons. The summed E-state index contributed by atoms with van der Waals surface area (Å²) in [7, 11) is 1.88. The van der Waals surface area contributed by atoms with E-state index >= 15 is 0 Å². The van der Waals surface area contributed by atoms with E-state index in [-0.39, 0.29) is 11.8 Å². The molecular weight excluding hydrogens is 488 g/mol. The Morgan fingerprint density at radius 3 is 2.49 bits per heavy atom. The van der Waals surface area contributed by atoms with E-state index in [9.17, 15) is 9.59 Å². The molecule has 2 amide bonds. The zero-order valence-electron chi connectivity index (χ0n) is 24.6. The van der Waals surface area contributed by atoms with Crippen molar-refractivity contribution in [1.29, 1.82) is 0 Å². The van der Waals surface area contributed by atoms with Gasteiger partial charge in [-0.05, 0) is 67.8 Å². The van der Waals surface area contributed by atoms with Gasteiger partial charge in [-0.1, -0.05) is 33.4 Å². The van der Waals surface area contributed by atoms with Crippen LogP contribution in [-0.4, -0.2) is 75.6 Å². The second kappa shape index (κ2) is 12.4. The van der Waals surface area contributed by atoms with E-state index in [1.54, 1.807) is 10.9 Å². The van der Waals surface area contributed by atoms with Crippen LogP contribution in [0.3, 0.4) is 0 Å². The quantitative estimate of drug-likeness (QED) is 0.501. The Bertz CT molecular complexity index is 1190. The van der Waals surface area contributed by atoms with Gasteiger partial charge in [0, 0.05) is 56.5 Å². The van der Waals surface area contributed by atoms with Crippen LogP contribution in [0.5, 0.6) is 0 Å². The maximum atomic E-state index is 13.3. The molecule has 1 saturated heterocycles. The molecule has 1 fully saturated rings. The number of benzene rings is 1. The third-order valence-corrected chi connectivity index (χ3v) is 7.92. The Balaban J connectivity index is 1.22. The zero-order chi connectivity index (χ0) is 28.2. The Hall–Kier alpha value is -3.13. The maximum Gasteiger partial charge on any atom is 0.254 e. The number of rotatable bonds is 8. The van der Waals surface area contributed by atoms with Crippen molar-refractivity contribution in [2.75, 3.05) is 44.6 Å². The molecule has 3 heterocycles. The molecule has 0 atom stereocenters. The van der Waals surface area contributed by atoms with E-state index in [2.05, 4.69) is 55.7 Å². The molecule has 8 heteroatoms. The molecule has 0 unspecified atom stereocenters. The van der Waals surface area contributed by atoms with Crippen LogP contribution in [0.4, 0.5) is 5.82 Å². The first kappa shape index (κ1) is 28.9. The van der Waals surface area contributed by atoms with Gasteiger partial charge in [-0.2, -0.15) is 5.10 Å². The van der Waals surface area contributed by atoms with Crippen LogP contribution in [0.2, 0.25) is 0 Å². The van der Waals surface area contributed by atoms with E-state index in [0.717, 1.165) is 74.6 Å². The predicted molar refractivity (Wildman–Crippen MR) is 157 cm³/mol. The summed E-state index contributed by atoms with van der Waals surface area (Å²) >= 11 is 0. The summed E-state index contributed by atoms with van der Waals surface area (Å²) in [6, 6.07) is 6.00. The van der Waals surface area contributed by atoms with Gasteiger partial charge in [0.25, 0.3) is 5.91 Å². The molecule has 1 aromatic heterocycles. The Morgan fingerprint density at radius 2 is 1.79 bits per heavy atom. The van der Waals surface area contributed by atoms with Gasteiger partial charge in [0.2, 0.25) is 5.91 Å². The summed E-state index contributed by atoms with van der Waals surface area (Å²) in [4.78, 5) is 32.4. The molecule has 0 radical (unpaired) electrons. The topological polar surface area (TPSA) is 73.7 Å². The molecule has 2 aliphatic rings. The van der Waals surface area contributed by atoms with Crippen LogP contribution in [0.15, 0.2) is 36.7 Å². The SMILES string of the molecule is C=C1CN(C(=O)c2ccc(CCCCC(=O)N3CCN(CCC(C)(C)C)CC3)c(C)c2)Cc2cnn(C)c2N1. The van der Waals surface area contributed by atoms with Gasteiger partial charge < -0.3 is 15.1 Å². The molecule has 4 rings (SSSR count). The van der Waals surface area contributed by atoms with Crippen LogP contribution >= 0.6 is 0 Å². The maximum absolute atomic E-state index is 13.3. The number of carbonyl (C=O) groups is 2. The van der Waals surface area contributed by atoms with Gasteiger partial charge in [-0.3, -0.25) is 19.2 Å². The molecule has 0 spiro atoms. The molecule has 1 N–H and O–H groups in total. The third kappa shape index (κ3) is 7.72. The summed E-state index contributed by atoms with van der Waals surface area (Å²) in [5.41, 5.74) is 5.15. The Labute approximate surface area is 234 Å². The van der Waals surface area contributed by atoms with Gasteiger partial charge in [0.05, 0.1) is 19.3 Å². The number of anilines is 1. The smallest absolute Gasteiger partial charge is 0.254 e. The van der Waals surface area contributed by atoms with Crippen LogP contribution in [-0.2, 0) is 24.8 Å². The second-order valence-electron chi connectivity index (χ2n) is 12.4. The van der Waals surface area contributed by atoms with Gasteiger partial charge in [-0.15, -0.1) is 0 Å². The van der Waals surface area contributed by atoms with Gasteiger partial charge in [0.15, 0.2) is 0 Å². The summed E-state index contributed by atoms with van der Waals surface area (Å²) in [6.07, 6.45) is 6.37. The highest BCUT2D eigenvalue weighted by atomic mass is 16.2. The number of nitrogens with one attached hydrogen (secondary N) is 1. The number of hydrogen-bond acceptors (Lipinski definition) is 5. The molecule has 1 aromatic carbocycles. The number of piperazine rings is 1. The first-order chi connectivity index (χ1) is 18.5. The molecule has 8 nitrogen and oxygen atoms in total. The molecule has 0 aliphatic carbocycles. The van der Waals surface area contributed by atoms with E-state index in [1.807, 2.05) is 29.0 Å². The average Bonchev–Trinajstić information content (AvgIpc) is 3.12. The fourth-order valence-electron chi connectivity index (χ4n) is 5.36. The van der Waals surface area contributed by atoms with Crippen LogP contribution in [0.25, 0.3) is 0 Å². The largest absolute Gasteiger partial charge is 0.343 e. The average molecular weight is 535 g/mol. The summed E-state index contributed by atoms with van der Waals surface area (Å²) in [6.45, 7) is 18.7. The van der Waals surface area contributed by atoms with Crippen molar-refractivity contribution in [2.24, 2.45) is 12.5 Å². The lowest BCUT2D eigenvalue weighted by atomic mass is 9.92. The lowest BCUT2D eigenvalue weighted by Crippen LogP contribution is -2.49. The van der Waals surface area contributed by atoms with E-state index in [1.165, 1.54) is 12.0 Å². The highest BCUT2D eigenvalue weighted by molar-refractivity contribution is 5.95. The summed E-state index contributed by atoms with van der Waals surface area (Å²) < 4.78 is 1.77. The number of unbranched alkanes of at least 4 members (excludes halogenated alkanes) is 1. The van der Waals surface area contributed by atoms with Crippen molar-refractivity contribution in [1.82, 2.24) is 24.5 Å². The van der Waals surface area contributed by atoms with Gasteiger partial charge in [-0.25, -0.2) is 0 Å². The number of amides is 2. The van der Waals surface area contributed by atoms with E-state index in [0.29, 0.717) is 30.5 Å². The first-order valence-corrected chi connectivity index (χ1v) is 14.3. The highest BCUT2D eigenvalue weighted by Crippen LogP contribution is 2.25. The van der Waals surface area contributed by atoms with Crippen molar-refractivity contribution in [3.05, 3.63) is 58.9 Å². The molecule has 39 heavy (non-hydrogen) atoms. The lowest BCUT2D eigenvalue weighted by molar-refractivity contribution is -0.133. The van der Waals surface area contributed by atoms with Crippen LogP contribution in [0.1, 0.15) is 73.5 Å². The number of nitrogens with zero attached hydrogens (tertiary/aromatic N) is 5. The van der Waals surface area contributed by atoms with E-state index < -0.39 is 0 Å². The number of aromatic nitrogens is 2. The molecule has 2 aromatic rings. The van der Waals surface area contributed by atoms with Crippen molar-refractivity contribution < 1.29 is 9.59 Å². The number of hydrogen-bond donors (Lipinski definition) is 1. The molecular formula is C31H46N6O2. The zero-order valence-corrected chi connectivity index (χ0v) is 24.6. The molecule has 2 aliphatic heterocycles. The van der Waals surface area contributed by atoms with Crippen LogP contribution < -0.4 is 5.32 Å². The number of aryl methyl sites for hydroxylation is 3. The minimum Gasteiger partial charge on any atom is -0.343 e. The monoisotopic (exact) mass is 534 g/mol. The predicted octanol–water partition coefficient (Wildman–Crippen LogP) is 4.60. The lowest BCUT2D eigenvalue weighted by Gasteiger charge is -2.36. The third-order valence-electron chi connectivity index (χ3n) is 7.92. The number of fused-ring (bicyclic) bond motifs is 1. The fraction of sp³-hybridized carbons (Fsp3) is 0.581. The van der Waals surface area contributed by atoms with Crippen molar-refractivity contribution in [3.8, 4) is 0 Å². The molecule has 0 bridgehead atoms. The Kier molecular flexibility index (Phi) is 9.15. The normalized spacial score (nSPS) is 16.6. The number of carbonyl (C=O) groups excluding carboxylic acids is 2. The fourth-order valence-corrected chi connectivity index (χ4v) is 5.36. The van der Waals surface area contributed by atoms with Gasteiger partial charge in [0.1, 0.15) is 5.82 Å². The minimum absolute atomic E-state index is 0.00611. The summed E-state index contributed by atoms with van der Waals surface area (Å²) in [5, 5.41) is 7.59. The molecule has 0 saturated carbocycles. The van der Waals surface area contributed by atoms with Gasteiger partial charge >= 0.3 is 0 Å². The standard InChI is InChI=1S/C31H46N6O2/c1-23-19-26(30(39)37-21-24(2)33-29-27(22-37)20-32-34(29)6)12-11-25(23)9-7-8-10-28(38)36-17-15-35(16-18-36)14-13-31(3,4)5/h11-12,19-20,33H,2,7-10,13-18,21-22H2,1,3-6H3. The highest BCUT2D eigenvalue weighted by Gasteiger charge is 2.25. The van der Waals surface area contributed by atoms with Crippen molar-refractivity contribution in [2.45, 2.75) is 66.3 Å². The van der Waals surface area contributed by atoms with E-state index in [4.69, 9.17) is 0 Å². The summed E-state index contributed by atoms with van der Waals surface area (Å²) in [5.74, 6) is 1.17. The minimum atomic E-state index is -0.00611. The first-order valence-electron chi connectivity index (χ1n) is 14.3.